The highest BCUT2D eigenvalue weighted by molar-refractivity contribution is 6.30. The number of rotatable bonds is 9. The van der Waals surface area contributed by atoms with Gasteiger partial charge < -0.3 is 24.0 Å². The van der Waals surface area contributed by atoms with Crippen LogP contribution in [0.25, 0.3) is 5.69 Å². The van der Waals surface area contributed by atoms with Crippen LogP contribution < -0.4 is 20.2 Å². The van der Waals surface area contributed by atoms with Crippen LogP contribution in [0.4, 0.5) is 11.4 Å². The maximum Gasteiger partial charge on any atom is 0.350 e. The van der Waals surface area contributed by atoms with Crippen LogP contribution in [0.15, 0.2) is 83.9 Å². The Morgan fingerprint density at radius 3 is 2.12 bits per heavy atom. The minimum Gasteiger partial charge on any atom is -0.491 e. The quantitative estimate of drug-likeness (QED) is 0.256. The van der Waals surface area contributed by atoms with Crippen molar-refractivity contribution in [2.24, 2.45) is 0 Å². The molecule has 2 aliphatic heterocycles. The van der Waals surface area contributed by atoms with Crippen LogP contribution in [0, 0.1) is 0 Å². The Labute approximate surface area is 250 Å². The third kappa shape index (κ3) is 6.18. The predicted molar refractivity (Wildman–Crippen MR) is 164 cm³/mol. The molecule has 0 spiro atoms. The molecule has 3 aromatic carbocycles. The van der Waals surface area contributed by atoms with Gasteiger partial charge >= 0.3 is 5.69 Å². The molecule has 1 aromatic heterocycles. The average molecular weight is 590 g/mol. The molecule has 10 heteroatoms. The van der Waals surface area contributed by atoms with Crippen LogP contribution in [-0.2, 0) is 9.47 Å². The molecular weight excluding hydrogens is 554 g/mol. The Kier molecular flexibility index (Phi) is 8.51. The Hall–Kier alpha value is -3.79. The second kappa shape index (κ2) is 12.6. The lowest BCUT2D eigenvalue weighted by molar-refractivity contribution is -0.0659. The molecule has 0 aliphatic carbocycles. The topological polar surface area (TPSA) is 74.0 Å². The summed E-state index contributed by atoms with van der Waals surface area (Å²) in [6, 6.07) is 24.0. The first-order valence-electron chi connectivity index (χ1n) is 14.5. The Morgan fingerprint density at radius 1 is 0.905 bits per heavy atom. The molecule has 0 N–H and O–H groups in total. The maximum atomic E-state index is 12.7. The summed E-state index contributed by atoms with van der Waals surface area (Å²) in [5.41, 5.74) is 4.00. The minimum atomic E-state index is -0.390. The fourth-order valence-electron chi connectivity index (χ4n) is 5.29. The molecule has 0 bridgehead atoms. The zero-order valence-electron chi connectivity index (χ0n) is 23.9. The molecule has 0 radical (unpaired) electrons. The highest BCUT2D eigenvalue weighted by Gasteiger charge is 2.28. The molecule has 0 amide bonds. The van der Waals surface area contributed by atoms with Gasteiger partial charge in [0.15, 0.2) is 6.29 Å². The summed E-state index contributed by atoms with van der Waals surface area (Å²) in [6.45, 7) is 8.64. The molecule has 220 valence electrons. The number of ether oxygens (including phenoxy) is 3. The Balaban J connectivity index is 0.978. The van der Waals surface area contributed by atoms with Crippen molar-refractivity contribution in [1.29, 1.82) is 0 Å². The number of hydrogen-bond acceptors (Lipinski definition) is 7. The van der Waals surface area contributed by atoms with Crippen molar-refractivity contribution in [2.75, 3.05) is 49.2 Å². The summed E-state index contributed by atoms with van der Waals surface area (Å²) in [5.74, 6) is 0.810. The molecular formula is C32H36ClN5O4. The summed E-state index contributed by atoms with van der Waals surface area (Å²) in [4.78, 5) is 17.5. The van der Waals surface area contributed by atoms with Gasteiger partial charge in [-0.3, -0.25) is 0 Å². The number of hydrogen-bond donors (Lipinski definition) is 0. The van der Waals surface area contributed by atoms with E-state index >= 15 is 0 Å². The van der Waals surface area contributed by atoms with Crippen LogP contribution in [0.2, 0.25) is 5.02 Å². The SMILES string of the molecule is CCC(C)n1ncn(-c2ccc(N3CCN(c4ccc(OC[C@@H]5CO[C@@H](c6ccc(Cl)cc6)O5)cc4)CC3)cc2)c1=O. The van der Waals surface area contributed by atoms with E-state index in [0.29, 0.717) is 18.2 Å². The molecule has 0 saturated carbocycles. The van der Waals surface area contributed by atoms with E-state index in [1.54, 1.807) is 15.6 Å². The normalized spacial score (nSPS) is 19.7. The predicted octanol–water partition coefficient (Wildman–Crippen LogP) is 5.48. The van der Waals surface area contributed by atoms with Crippen LogP contribution in [0.1, 0.15) is 38.2 Å². The first-order valence-corrected chi connectivity index (χ1v) is 14.9. The van der Waals surface area contributed by atoms with Gasteiger partial charge in [0.1, 0.15) is 24.8 Å². The lowest BCUT2D eigenvalue weighted by Crippen LogP contribution is -2.46. The third-order valence-electron chi connectivity index (χ3n) is 8.00. The monoisotopic (exact) mass is 589 g/mol. The van der Waals surface area contributed by atoms with Crippen LogP contribution in [-0.4, -0.2) is 59.8 Å². The first kappa shape index (κ1) is 28.3. The second-order valence-electron chi connectivity index (χ2n) is 10.8. The lowest BCUT2D eigenvalue weighted by atomic mass is 10.2. The van der Waals surface area contributed by atoms with Gasteiger partial charge in [-0.2, -0.15) is 5.10 Å². The third-order valence-corrected chi connectivity index (χ3v) is 8.26. The van der Waals surface area contributed by atoms with Crippen LogP contribution in [0.3, 0.4) is 0 Å². The molecule has 2 saturated heterocycles. The molecule has 3 heterocycles. The van der Waals surface area contributed by atoms with Crippen molar-refractivity contribution in [2.45, 2.75) is 38.7 Å². The van der Waals surface area contributed by atoms with Gasteiger partial charge in [0.05, 0.1) is 18.3 Å². The van der Waals surface area contributed by atoms with Crippen LogP contribution >= 0.6 is 11.6 Å². The molecule has 42 heavy (non-hydrogen) atoms. The van der Waals surface area contributed by atoms with E-state index < -0.39 is 0 Å². The van der Waals surface area contributed by atoms with Crippen molar-refractivity contribution < 1.29 is 14.2 Å². The summed E-state index contributed by atoms with van der Waals surface area (Å²) < 4.78 is 20.9. The summed E-state index contributed by atoms with van der Waals surface area (Å²) in [5, 5.41) is 4.98. The van der Waals surface area contributed by atoms with Crippen molar-refractivity contribution in [3.63, 3.8) is 0 Å². The van der Waals surface area contributed by atoms with Crippen molar-refractivity contribution in [1.82, 2.24) is 14.3 Å². The van der Waals surface area contributed by atoms with Crippen molar-refractivity contribution >= 4 is 23.0 Å². The number of piperazine rings is 1. The van der Waals surface area contributed by atoms with E-state index in [9.17, 15) is 4.79 Å². The lowest BCUT2D eigenvalue weighted by Gasteiger charge is -2.37. The van der Waals surface area contributed by atoms with Gasteiger partial charge in [-0.05, 0) is 74.0 Å². The van der Waals surface area contributed by atoms with E-state index in [2.05, 4.69) is 46.1 Å². The fraction of sp³-hybridized carbons (Fsp3) is 0.375. The van der Waals surface area contributed by atoms with Gasteiger partial charge in [0.2, 0.25) is 0 Å². The number of anilines is 2. The van der Waals surface area contributed by atoms with Gasteiger partial charge in [-0.25, -0.2) is 14.0 Å². The van der Waals surface area contributed by atoms with E-state index in [4.69, 9.17) is 25.8 Å². The zero-order valence-corrected chi connectivity index (χ0v) is 24.7. The zero-order chi connectivity index (χ0) is 29.1. The Bertz CT molecular complexity index is 1510. The highest BCUT2D eigenvalue weighted by atomic mass is 35.5. The second-order valence-corrected chi connectivity index (χ2v) is 11.2. The van der Waals surface area contributed by atoms with Crippen LogP contribution in [0.5, 0.6) is 5.75 Å². The molecule has 3 atom stereocenters. The summed E-state index contributed by atoms with van der Waals surface area (Å²) in [7, 11) is 0. The van der Waals surface area contributed by atoms with Crippen molar-refractivity contribution in [3.05, 3.63) is 100 Å². The Morgan fingerprint density at radius 2 is 1.50 bits per heavy atom. The number of nitrogens with zero attached hydrogens (tertiary/aromatic N) is 5. The summed E-state index contributed by atoms with van der Waals surface area (Å²) in [6.07, 6.45) is 1.95. The number of halogens is 1. The fourth-order valence-corrected chi connectivity index (χ4v) is 5.41. The molecule has 1 unspecified atom stereocenters. The van der Waals surface area contributed by atoms with Gasteiger partial charge in [0, 0.05) is 48.1 Å². The average Bonchev–Trinajstić information content (AvgIpc) is 3.67. The smallest absolute Gasteiger partial charge is 0.350 e. The largest absolute Gasteiger partial charge is 0.491 e. The maximum absolute atomic E-state index is 12.7. The molecule has 6 rings (SSSR count). The molecule has 2 fully saturated rings. The number of benzene rings is 3. The van der Waals surface area contributed by atoms with Gasteiger partial charge in [0.25, 0.3) is 0 Å². The van der Waals surface area contributed by atoms with Gasteiger partial charge in [-0.1, -0.05) is 30.7 Å². The highest BCUT2D eigenvalue weighted by Crippen LogP contribution is 2.29. The van der Waals surface area contributed by atoms with E-state index in [1.165, 1.54) is 5.69 Å². The molecule has 4 aromatic rings. The van der Waals surface area contributed by atoms with Gasteiger partial charge in [-0.15, -0.1) is 0 Å². The van der Waals surface area contributed by atoms with E-state index in [1.807, 2.05) is 55.5 Å². The first-order chi connectivity index (χ1) is 20.5. The summed E-state index contributed by atoms with van der Waals surface area (Å²) >= 11 is 5.98. The van der Waals surface area contributed by atoms with E-state index in [-0.39, 0.29) is 24.1 Å². The number of aromatic nitrogens is 3. The molecule has 2 aliphatic rings. The minimum absolute atomic E-state index is 0.0779. The standard InChI is InChI=1S/C32H36ClN5O4/c1-3-23(2)38-32(39)37(22-34-38)28-10-8-26(9-11-28)35-16-18-36(19-17-35)27-12-14-29(15-13-27)40-20-30-21-41-31(42-30)24-4-6-25(33)7-5-24/h4-15,22-23,30-31H,3,16-21H2,1-2H3/t23?,30-,31-/m1/s1. The van der Waals surface area contributed by atoms with E-state index in [0.717, 1.165) is 55.3 Å². The molecule has 9 nitrogen and oxygen atoms in total. The van der Waals surface area contributed by atoms with Crippen molar-refractivity contribution in [3.8, 4) is 11.4 Å².